The summed E-state index contributed by atoms with van der Waals surface area (Å²) in [6, 6.07) is 5.58. The lowest BCUT2D eigenvalue weighted by molar-refractivity contribution is -0.384. The van der Waals surface area contributed by atoms with Crippen molar-refractivity contribution in [1.82, 2.24) is 4.90 Å². The van der Waals surface area contributed by atoms with Crippen molar-refractivity contribution in [1.29, 1.82) is 0 Å². The minimum absolute atomic E-state index is 0.00384. The molecule has 1 atom stereocenters. The van der Waals surface area contributed by atoms with Crippen molar-refractivity contribution in [2.45, 2.75) is 32.4 Å². The number of nitro benzene ring substituents is 1. The van der Waals surface area contributed by atoms with Crippen LogP contribution < -0.4 is 11.3 Å². The maximum atomic E-state index is 10.8. The van der Waals surface area contributed by atoms with Crippen molar-refractivity contribution in [3.8, 4) is 0 Å². The van der Waals surface area contributed by atoms with Crippen LogP contribution in [-0.4, -0.2) is 22.9 Å². The Kier molecular flexibility index (Phi) is 4.01. The number of hydrogen-bond acceptors (Lipinski definition) is 5. The van der Waals surface area contributed by atoms with Crippen LogP contribution in [0.2, 0.25) is 0 Å². The number of nitrogens with one attached hydrogen (secondary N) is 1. The number of nitro groups is 1. The molecule has 104 valence electrons. The van der Waals surface area contributed by atoms with Crippen LogP contribution in [0, 0.1) is 16.0 Å². The van der Waals surface area contributed by atoms with Gasteiger partial charge in [0.05, 0.1) is 4.92 Å². The Hall–Kier alpha value is -1.66. The van der Waals surface area contributed by atoms with Gasteiger partial charge in [-0.1, -0.05) is 6.07 Å². The van der Waals surface area contributed by atoms with Gasteiger partial charge >= 0.3 is 0 Å². The summed E-state index contributed by atoms with van der Waals surface area (Å²) >= 11 is 0. The van der Waals surface area contributed by atoms with Crippen LogP contribution in [0.1, 0.15) is 25.3 Å². The fraction of sp³-hybridized carbons (Fsp3) is 0.538. The molecule has 1 saturated carbocycles. The summed E-state index contributed by atoms with van der Waals surface area (Å²) in [6.45, 7) is 3.00. The van der Waals surface area contributed by atoms with Gasteiger partial charge in [-0.25, -0.2) is 0 Å². The second-order valence-corrected chi connectivity index (χ2v) is 5.25. The lowest BCUT2D eigenvalue weighted by Crippen LogP contribution is -2.30. The lowest BCUT2D eigenvalue weighted by Gasteiger charge is -2.24. The van der Waals surface area contributed by atoms with Gasteiger partial charge in [0.1, 0.15) is 5.69 Å². The first-order chi connectivity index (χ1) is 9.02. The highest BCUT2D eigenvalue weighted by Crippen LogP contribution is 2.35. The van der Waals surface area contributed by atoms with Crippen LogP contribution >= 0.6 is 0 Å². The van der Waals surface area contributed by atoms with E-state index in [0.717, 1.165) is 18.0 Å². The Bertz CT molecular complexity index is 474. The number of hydrazine groups is 1. The SMILES string of the molecule is CC(C1CC1)N(C)Cc1ccc([N+](=O)[O-])c(NN)c1. The molecule has 0 heterocycles. The average Bonchev–Trinajstić information content (AvgIpc) is 3.21. The molecule has 1 unspecified atom stereocenters. The molecule has 0 saturated heterocycles. The van der Waals surface area contributed by atoms with Gasteiger partial charge in [-0.15, -0.1) is 0 Å². The van der Waals surface area contributed by atoms with Gasteiger partial charge in [0.25, 0.3) is 5.69 Å². The van der Waals surface area contributed by atoms with Crippen LogP contribution in [0.15, 0.2) is 18.2 Å². The van der Waals surface area contributed by atoms with E-state index in [2.05, 4.69) is 24.3 Å². The number of benzene rings is 1. The zero-order valence-electron chi connectivity index (χ0n) is 11.3. The van der Waals surface area contributed by atoms with Crippen LogP contribution in [0.3, 0.4) is 0 Å². The molecule has 6 heteroatoms. The summed E-state index contributed by atoms with van der Waals surface area (Å²) in [5.41, 5.74) is 3.78. The first kappa shape index (κ1) is 13.8. The van der Waals surface area contributed by atoms with E-state index in [1.54, 1.807) is 12.1 Å². The van der Waals surface area contributed by atoms with E-state index in [-0.39, 0.29) is 5.69 Å². The summed E-state index contributed by atoms with van der Waals surface area (Å²) in [4.78, 5) is 12.7. The molecule has 1 aliphatic rings. The smallest absolute Gasteiger partial charge is 0.293 e. The van der Waals surface area contributed by atoms with Gasteiger partial charge in [0.15, 0.2) is 0 Å². The van der Waals surface area contributed by atoms with E-state index in [4.69, 9.17) is 5.84 Å². The van der Waals surface area contributed by atoms with Crippen molar-refractivity contribution in [2.24, 2.45) is 11.8 Å². The van der Waals surface area contributed by atoms with E-state index in [0.29, 0.717) is 11.7 Å². The molecule has 6 nitrogen and oxygen atoms in total. The predicted octanol–water partition coefficient (Wildman–Crippen LogP) is 2.11. The fourth-order valence-corrected chi connectivity index (χ4v) is 2.33. The minimum atomic E-state index is -0.435. The van der Waals surface area contributed by atoms with Gasteiger partial charge in [0.2, 0.25) is 0 Å². The van der Waals surface area contributed by atoms with Crippen LogP contribution in [0.25, 0.3) is 0 Å². The Labute approximate surface area is 112 Å². The molecule has 1 aliphatic carbocycles. The monoisotopic (exact) mass is 264 g/mol. The fourth-order valence-electron chi connectivity index (χ4n) is 2.33. The predicted molar refractivity (Wildman–Crippen MR) is 74.6 cm³/mol. The molecule has 1 aromatic rings. The second kappa shape index (κ2) is 5.54. The van der Waals surface area contributed by atoms with E-state index in [9.17, 15) is 10.1 Å². The molecule has 19 heavy (non-hydrogen) atoms. The van der Waals surface area contributed by atoms with Crippen molar-refractivity contribution < 1.29 is 4.92 Å². The number of nitrogen functional groups attached to an aromatic ring is 1. The summed E-state index contributed by atoms with van der Waals surface area (Å²) in [5.74, 6) is 6.14. The number of rotatable bonds is 6. The topological polar surface area (TPSA) is 84.4 Å². The summed E-state index contributed by atoms with van der Waals surface area (Å²) in [6.07, 6.45) is 2.61. The van der Waals surface area contributed by atoms with E-state index >= 15 is 0 Å². The maximum Gasteiger partial charge on any atom is 0.293 e. The number of nitrogens with two attached hydrogens (primary N) is 1. The third-order valence-electron chi connectivity index (χ3n) is 3.84. The van der Waals surface area contributed by atoms with Crippen molar-refractivity contribution >= 4 is 11.4 Å². The Morgan fingerprint density at radius 2 is 2.26 bits per heavy atom. The van der Waals surface area contributed by atoms with Crippen molar-refractivity contribution in [3.05, 3.63) is 33.9 Å². The van der Waals surface area contributed by atoms with Gasteiger partial charge < -0.3 is 5.43 Å². The number of hydrogen-bond donors (Lipinski definition) is 2. The molecule has 1 fully saturated rings. The van der Waals surface area contributed by atoms with Crippen molar-refractivity contribution in [3.63, 3.8) is 0 Å². The maximum absolute atomic E-state index is 10.8. The van der Waals surface area contributed by atoms with Crippen molar-refractivity contribution in [2.75, 3.05) is 12.5 Å². The molecule has 0 aromatic heterocycles. The zero-order chi connectivity index (χ0) is 14.0. The lowest BCUT2D eigenvalue weighted by atomic mass is 10.1. The number of nitrogens with zero attached hydrogens (tertiary/aromatic N) is 2. The van der Waals surface area contributed by atoms with E-state index < -0.39 is 4.92 Å². The highest BCUT2D eigenvalue weighted by atomic mass is 16.6. The van der Waals surface area contributed by atoms with E-state index in [1.165, 1.54) is 18.9 Å². The molecule has 0 amide bonds. The first-order valence-corrected chi connectivity index (χ1v) is 6.47. The zero-order valence-corrected chi connectivity index (χ0v) is 11.3. The van der Waals surface area contributed by atoms with Gasteiger partial charge in [-0.2, -0.15) is 0 Å². The second-order valence-electron chi connectivity index (χ2n) is 5.25. The standard InChI is InChI=1S/C13H20N4O2/c1-9(11-4-5-11)16(2)8-10-3-6-13(17(18)19)12(7-10)15-14/h3,6-7,9,11,15H,4-5,8,14H2,1-2H3. The first-order valence-electron chi connectivity index (χ1n) is 6.47. The summed E-state index contributed by atoms with van der Waals surface area (Å²) in [7, 11) is 2.08. The molecular weight excluding hydrogens is 244 g/mol. The van der Waals surface area contributed by atoms with Gasteiger partial charge in [-0.05, 0) is 44.4 Å². The molecule has 0 radical (unpaired) electrons. The third kappa shape index (κ3) is 3.21. The normalized spacial score (nSPS) is 16.4. The largest absolute Gasteiger partial charge is 0.318 e. The molecule has 2 rings (SSSR count). The van der Waals surface area contributed by atoms with Gasteiger partial charge in [-0.3, -0.25) is 20.9 Å². The molecule has 0 spiro atoms. The molecule has 0 bridgehead atoms. The number of anilines is 1. The average molecular weight is 264 g/mol. The molecule has 3 N–H and O–H groups in total. The highest BCUT2D eigenvalue weighted by molar-refractivity contribution is 5.62. The third-order valence-corrected chi connectivity index (χ3v) is 3.84. The Morgan fingerprint density at radius 1 is 1.58 bits per heavy atom. The minimum Gasteiger partial charge on any atom is -0.318 e. The molecule has 1 aromatic carbocycles. The highest BCUT2D eigenvalue weighted by Gasteiger charge is 2.30. The van der Waals surface area contributed by atoms with Crippen LogP contribution in [0.4, 0.5) is 11.4 Å². The van der Waals surface area contributed by atoms with Crippen LogP contribution in [0.5, 0.6) is 0 Å². The molecular formula is C13H20N4O2. The quantitative estimate of drug-likeness (QED) is 0.467. The van der Waals surface area contributed by atoms with Crippen LogP contribution in [-0.2, 0) is 6.54 Å². The Morgan fingerprint density at radius 3 is 2.79 bits per heavy atom. The molecule has 0 aliphatic heterocycles. The van der Waals surface area contributed by atoms with Gasteiger partial charge in [0, 0.05) is 18.7 Å². The Balaban J connectivity index is 2.10. The summed E-state index contributed by atoms with van der Waals surface area (Å²) in [5, 5.41) is 10.8. The summed E-state index contributed by atoms with van der Waals surface area (Å²) < 4.78 is 0. The van der Waals surface area contributed by atoms with E-state index in [1.807, 2.05) is 0 Å².